The van der Waals surface area contributed by atoms with Gasteiger partial charge in [-0.3, -0.25) is 9.89 Å². The third kappa shape index (κ3) is 7.87. The molecule has 7 heteroatoms. The van der Waals surface area contributed by atoms with Gasteiger partial charge in [0.15, 0.2) is 15.8 Å². The summed E-state index contributed by atoms with van der Waals surface area (Å²) in [5.41, 5.74) is 2.38. The van der Waals surface area contributed by atoms with Gasteiger partial charge >= 0.3 is 0 Å². The summed E-state index contributed by atoms with van der Waals surface area (Å²) >= 11 is 0. The third-order valence-electron chi connectivity index (χ3n) is 4.87. The zero-order valence-corrected chi connectivity index (χ0v) is 18.5. The highest BCUT2D eigenvalue weighted by Crippen LogP contribution is 2.10. The number of hydrogen-bond acceptors (Lipinski definition) is 4. The summed E-state index contributed by atoms with van der Waals surface area (Å²) in [5.74, 6) is 0.762. The van der Waals surface area contributed by atoms with Crippen LogP contribution in [-0.4, -0.2) is 58.8 Å². The first-order valence-corrected chi connectivity index (χ1v) is 11.7. The molecule has 0 spiro atoms. The first-order valence-electron chi connectivity index (χ1n) is 9.77. The number of hydrogen-bond donors (Lipinski definition) is 2. The SMILES string of the molecule is CN=C(NCCc1ccc(S(C)(=O)=O)cc1)NCC(C)N(C)Cc1ccccc1. The van der Waals surface area contributed by atoms with Crippen molar-refractivity contribution in [3.8, 4) is 0 Å². The Labute approximate surface area is 175 Å². The van der Waals surface area contributed by atoms with E-state index in [-0.39, 0.29) is 0 Å². The van der Waals surface area contributed by atoms with Crippen LogP contribution in [0, 0.1) is 0 Å². The largest absolute Gasteiger partial charge is 0.356 e. The van der Waals surface area contributed by atoms with Crippen molar-refractivity contribution < 1.29 is 8.42 Å². The van der Waals surface area contributed by atoms with Crippen molar-refractivity contribution in [1.82, 2.24) is 15.5 Å². The summed E-state index contributed by atoms with van der Waals surface area (Å²) in [6, 6.07) is 17.8. The highest BCUT2D eigenvalue weighted by atomic mass is 32.2. The summed E-state index contributed by atoms with van der Waals surface area (Å²) in [6.45, 7) is 4.59. The van der Waals surface area contributed by atoms with Crippen LogP contribution < -0.4 is 10.6 Å². The van der Waals surface area contributed by atoms with Crippen LogP contribution in [0.4, 0.5) is 0 Å². The molecule has 0 saturated heterocycles. The average Bonchev–Trinajstić information content (AvgIpc) is 2.70. The Morgan fingerprint density at radius 2 is 1.69 bits per heavy atom. The standard InChI is InChI=1S/C22H32N4O2S/c1-18(26(3)17-20-8-6-5-7-9-20)16-25-22(23-2)24-15-14-19-10-12-21(13-11-19)29(4,27)28/h5-13,18H,14-17H2,1-4H3,(H2,23,24,25). The molecule has 6 nitrogen and oxygen atoms in total. The predicted molar refractivity (Wildman–Crippen MR) is 120 cm³/mol. The normalized spacial score (nSPS) is 13.3. The molecule has 2 aromatic rings. The summed E-state index contributed by atoms with van der Waals surface area (Å²) in [7, 11) is 0.730. The maximum absolute atomic E-state index is 11.5. The molecule has 0 radical (unpaired) electrons. The summed E-state index contributed by atoms with van der Waals surface area (Å²) in [4.78, 5) is 6.93. The molecule has 0 heterocycles. The highest BCUT2D eigenvalue weighted by Gasteiger charge is 2.10. The second kappa shape index (κ2) is 11.0. The van der Waals surface area contributed by atoms with Gasteiger partial charge in [0.25, 0.3) is 0 Å². The van der Waals surface area contributed by atoms with Crippen molar-refractivity contribution >= 4 is 15.8 Å². The molecule has 2 N–H and O–H groups in total. The second-order valence-electron chi connectivity index (χ2n) is 7.30. The van der Waals surface area contributed by atoms with E-state index in [4.69, 9.17) is 0 Å². The lowest BCUT2D eigenvalue weighted by molar-refractivity contribution is 0.249. The summed E-state index contributed by atoms with van der Waals surface area (Å²) < 4.78 is 23.0. The number of nitrogens with zero attached hydrogens (tertiary/aromatic N) is 2. The van der Waals surface area contributed by atoms with Crippen LogP contribution in [0.1, 0.15) is 18.1 Å². The van der Waals surface area contributed by atoms with Crippen molar-refractivity contribution in [3.05, 3.63) is 65.7 Å². The van der Waals surface area contributed by atoms with Crippen LogP contribution in [0.25, 0.3) is 0 Å². The first-order chi connectivity index (χ1) is 13.8. The molecule has 0 aromatic heterocycles. The number of aliphatic imine (C=N–C) groups is 1. The van der Waals surface area contributed by atoms with Crippen LogP contribution >= 0.6 is 0 Å². The number of rotatable bonds is 9. The van der Waals surface area contributed by atoms with Gasteiger partial charge in [-0.2, -0.15) is 0 Å². The molecule has 29 heavy (non-hydrogen) atoms. The van der Waals surface area contributed by atoms with E-state index >= 15 is 0 Å². The molecule has 0 bridgehead atoms. The fourth-order valence-corrected chi connectivity index (χ4v) is 3.51. The lowest BCUT2D eigenvalue weighted by Gasteiger charge is -2.25. The van der Waals surface area contributed by atoms with E-state index in [0.717, 1.165) is 31.0 Å². The molecule has 0 saturated carbocycles. The first kappa shape index (κ1) is 22.9. The van der Waals surface area contributed by atoms with E-state index in [1.54, 1.807) is 19.2 Å². The predicted octanol–water partition coefficient (Wildman–Crippen LogP) is 2.32. The molecule has 0 aliphatic rings. The quantitative estimate of drug-likeness (QED) is 0.485. The van der Waals surface area contributed by atoms with E-state index in [1.165, 1.54) is 11.8 Å². The van der Waals surface area contributed by atoms with Crippen LogP contribution in [-0.2, 0) is 22.8 Å². The minimum Gasteiger partial charge on any atom is -0.356 e. The number of nitrogens with one attached hydrogen (secondary N) is 2. The molecular formula is C22H32N4O2S. The summed E-state index contributed by atoms with van der Waals surface area (Å²) in [5, 5.41) is 6.68. The van der Waals surface area contributed by atoms with Crippen molar-refractivity contribution in [3.63, 3.8) is 0 Å². The van der Waals surface area contributed by atoms with E-state index in [1.807, 2.05) is 18.2 Å². The van der Waals surface area contributed by atoms with E-state index in [2.05, 4.69) is 58.8 Å². The Kier molecular flexibility index (Phi) is 8.67. The van der Waals surface area contributed by atoms with Gasteiger partial charge in [0.05, 0.1) is 4.90 Å². The van der Waals surface area contributed by atoms with Gasteiger partial charge in [0.2, 0.25) is 0 Å². The maximum atomic E-state index is 11.5. The molecule has 0 aliphatic heterocycles. The number of sulfone groups is 1. The highest BCUT2D eigenvalue weighted by molar-refractivity contribution is 7.90. The molecule has 158 valence electrons. The van der Waals surface area contributed by atoms with Gasteiger partial charge in [-0.1, -0.05) is 42.5 Å². The second-order valence-corrected chi connectivity index (χ2v) is 9.31. The molecule has 1 unspecified atom stereocenters. The molecule has 0 aliphatic carbocycles. The molecular weight excluding hydrogens is 384 g/mol. The van der Waals surface area contributed by atoms with Gasteiger partial charge in [0, 0.05) is 39.0 Å². The van der Waals surface area contributed by atoms with Crippen LogP contribution in [0.5, 0.6) is 0 Å². The fourth-order valence-electron chi connectivity index (χ4n) is 2.88. The Morgan fingerprint density at radius 1 is 1.03 bits per heavy atom. The minimum atomic E-state index is -3.15. The van der Waals surface area contributed by atoms with E-state index in [9.17, 15) is 8.42 Å². The van der Waals surface area contributed by atoms with E-state index in [0.29, 0.717) is 17.5 Å². The number of benzene rings is 2. The molecule has 1 atom stereocenters. The maximum Gasteiger partial charge on any atom is 0.191 e. The Morgan fingerprint density at radius 3 is 2.28 bits per heavy atom. The van der Waals surface area contributed by atoms with Gasteiger partial charge in [-0.25, -0.2) is 8.42 Å². The van der Waals surface area contributed by atoms with Crippen molar-refractivity contribution in [1.29, 1.82) is 0 Å². The van der Waals surface area contributed by atoms with Crippen molar-refractivity contribution in [2.45, 2.75) is 30.8 Å². The third-order valence-corrected chi connectivity index (χ3v) is 6.00. The van der Waals surface area contributed by atoms with Crippen LogP contribution in [0.3, 0.4) is 0 Å². The van der Waals surface area contributed by atoms with Gasteiger partial charge in [0.1, 0.15) is 0 Å². The lowest BCUT2D eigenvalue weighted by Crippen LogP contribution is -2.45. The molecule has 0 amide bonds. The monoisotopic (exact) mass is 416 g/mol. The smallest absolute Gasteiger partial charge is 0.191 e. The average molecular weight is 417 g/mol. The number of guanidine groups is 1. The van der Waals surface area contributed by atoms with Gasteiger partial charge < -0.3 is 10.6 Å². The van der Waals surface area contributed by atoms with Gasteiger partial charge in [-0.05, 0) is 43.7 Å². The minimum absolute atomic E-state index is 0.345. The van der Waals surface area contributed by atoms with Crippen molar-refractivity contribution in [2.24, 2.45) is 4.99 Å². The topological polar surface area (TPSA) is 73.8 Å². The Bertz CT molecular complexity index is 881. The molecule has 2 aromatic carbocycles. The number of likely N-dealkylation sites (N-methyl/N-ethyl adjacent to an activating group) is 1. The zero-order chi connectivity index (χ0) is 21.3. The van der Waals surface area contributed by atoms with Crippen LogP contribution in [0.2, 0.25) is 0 Å². The molecule has 2 rings (SSSR count). The fraction of sp³-hybridized carbons (Fsp3) is 0.409. The van der Waals surface area contributed by atoms with Gasteiger partial charge in [-0.15, -0.1) is 0 Å². The van der Waals surface area contributed by atoms with Crippen LogP contribution in [0.15, 0.2) is 64.5 Å². The van der Waals surface area contributed by atoms with E-state index < -0.39 is 9.84 Å². The zero-order valence-electron chi connectivity index (χ0n) is 17.7. The lowest BCUT2D eigenvalue weighted by atomic mass is 10.1. The Hall–Kier alpha value is -2.38. The Balaban J connectivity index is 1.74. The molecule has 0 fully saturated rings. The van der Waals surface area contributed by atoms with Crippen molar-refractivity contribution in [2.75, 3.05) is 33.4 Å². The summed E-state index contributed by atoms with van der Waals surface area (Å²) in [6.07, 6.45) is 2.01.